The minimum absolute atomic E-state index is 0.373. The van der Waals surface area contributed by atoms with Gasteiger partial charge in [-0.1, -0.05) is 6.07 Å². The first-order valence-electron chi connectivity index (χ1n) is 7.87. The second-order valence-corrected chi connectivity index (χ2v) is 5.64. The van der Waals surface area contributed by atoms with Crippen LogP contribution in [-0.4, -0.2) is 13.1 Å². The molecule has 3 rings (SSSR count). The van der Waals surface area contributed by atoms with E-state index < -0.39 is 0 Å². The molecule has 5 nitrogen and oxygen atoms in total. The van der Waals surface area contributed by atoms with E-state index >= 15 is 0 Å². The molecule has 0 amide bonds. The van der Waals surface area contributed by atoms with Gasteiger partial charge in [0.1, 0.15) is 22.8 Å². The lowest BCUT2D eigenvalue weighted by Gasteiger charge is -2.10. The monoisotopic (exact) mass is 335 g/mol. The zero-order chi connectivity index (χ0) is 17.8. The zero-order valence-corrected chi connectivity index (χ0v) is 14.0. The number of fused-ring (bicyclic) bond motifs is 1. The fourth-order valence-electron chi connectivity index (χ4n) is 2.67. The zero-order valence-electron chi connectivity index (χ0n) is 14.0. The van der Waals surface area contributed by atoms with Gasteiger partial charge < -0.3 is 13.9 Å². The maximum absolute atomic E-state index is 11.3. The van der Waals surface area contributed by atoms with Gasteiger partial charge in [-0.25, -0.2) is 0 Å². The normalized spacial score (nSPS) is 10.4. The minimum Gasteiger partial charge on any atom is -0.497 e. The molecule has 0 radical (unpaired) electrons. The van der Waals surface area contributed by atoms with Crippen LogP contribution in [0, 0.1) is 11.3 Å². The number of carbonyl (C=O) groups excluding carboxylic acids is 1. The Bertz CT molecular complexity index is 965. The van der Waals surface area contributed by atoms with Gasteiger partial charge in [0, 0.05) is 24.8 Å². The van der Waals surface area contributed by atoms with Crippen LogP contribution in [0.25, 0.3) is 11.0 Å². The van der Waals surface area contributed by atoms with E-state index in [0.29, 0.717) is 29.9 Å². The van der Waals surface area contributed by atoms with Crippen LogP contribution in [0.1, 0.15) is 23.8 Å². The number of furan rings is 1. The molecule has 0 atom stereocenters. The molecule has 0 fully saturated rings. The third-order valence-electron chi connectivity index (χ3n) is 3.87. The molecular weight excluding hydrogens is 318 g/mol. The number of nitrogens with zero attached hydrogens (tertiary/aromatic N) is 1. The molecule has 0 N–H and O–H groups in total. The molecule has 0 aliphatic carbocycles. The van der Waals surface area contributed by atoms with Crippen molar-refractivity contribution in [3.05, 3.63) is 59.4 Å². The molecule has 3 aromatic rings. The smallest absolute Gasteiger partial charge is 0.308 e. The van der Waals surface area contributed by atoms with Gasteiger partial charge in [-0.15, -0.1) is 0 Å². The average Bonchev–Trinajstić information content (AvgIpc) is 3.01. The molecule has 126 valence electrons. The van der Waals surface area contributed by atoms with Crippen molar-refractivity contribution in [2.45, 2.75) is 19.8 Å². The predicted octanol–water partition coefficient (Wildman–Crippen LogP) is 4.02. The van der Waals surface area contributed by atoms with Gasteiger partial charge in [0.05, 0.1) is 18.7 Å². The lowest BCUT2D eigenvalue weighted by molar-refractivity contribution is -0.131. The molecular formula is C20H17NO4. The van der Waals surface area contributed by atoms with Crippen LogP contribution < -0.4 is 9.47 Å². The fraction of sp³-hybridized carbons (Fsp3) is 0.200. The Morgan fingerprint density at radius 2 is 2.00 bits per heavy atom. The van der Waals surface area contributed by atoms with E-state index in [1.807, 2.05) is 18.2 Å². The van der Waals surface area contributed by atoms with Gasteiger partial charge in [0.2, 0.25) is 0 Å². The first-order valence-corrected chi connectivity index (χ1v) is 7.87. The molecule has 2 aromatic carbocycles. The summed E-state index contributed by atoms with van der Waals surface area (Å²) < 4.78 is 16.3. The van der Waals surface area contributed by atoms with Crippen LogP contribution in [0.3, 0.4) is 0 Å². The summed E-state index contributed by atoms with van der Waals surface area (Å²) in [5.41, 5.74) is 2.25. The first kappa shape index (κ1) is 16.6. The molecule has 0 unspecified atom stereocenters. The standard InChI is InChI=1S/C20H17NO4/c1-13(22)24-20-11-17(23-2)6-4-15(20)5-7-18-10-16-9-14(12-21)3-8-19(16)25-18/h3-4,6,8-11H,5,7H2,1-2H3. The summed E-state index contributed by atoms with van der Waals surface area (Å²) in [6.07, 6.45) is 1.30. The van der Waals surface area contributed by atoms with E-state index in [-0.39, 0.29) is 5.97 Å². The van der Waals surface area contributed by atoms with Gasteiger partial charge in [-0.3, -0.25) is 4.79 Å². The van der Waals surface area contributed by atoms with Crippen LogP contribution >= 0.6 is 0 Å². The van der Waals surface area contributed by atoms with E-state index in [0.717, 1.165) is 22.3 Å². The van der Waals surface area contributed by atoms with E-state index in [9.17, 15) is 4.79 Å². The van der Waals surface area contributed by atoms with E-state index in [2.05, 4.69) is 6.07 Å². The highest BCUT2D eigenvalue weighted by molar-refractivity contribution is 5.79. The summed E-state index contributed by atoms with van der Waals surface area (Å²) >= 11 is 0. The second-order valence-electron chi connectivity index (χ2n) is 5.64. The molecule has 0 spiro atoms. The highest BCUT2D eigenvalue weighted by Gasteiger charge is 2.11. The number of ether oxygens (including phenoxy) is 2. The topological polar surface area (TPSA) is 72.5 Å². The van der Waals surface area contributed by atoms with E-state index in [1.54, 1.807) is 31.4 Å². The molecule has 5 heteroatoms. The van der Waals surface area contributed by atoms with Crippen molar-refractivity contribution in [2.24, 2.45) is 0 Å². The van der Waals surface area contributed by atoms with Crippen LogP contribution in [0.5, 0.6) is 11.5 Å². The van der Waals surface area contributed by atoms with Crippen molar-refractivity contribution in [3.8, 4) is 17.6 Å². The Morgan fingerprint density at radius 3 is 2.72 bits per heavy atom. The van der Waals surface area contributed by atoms with Crippen LogP contribution in [0.2, 0.25) is 0 Å². The molecule has 0 aliphatic rings. The second kappa shape index (κ2) is 7.10. The first-order chi connectivity index (χ1) is 12.1. The highest BCUT2D eigenvalue weighted by Crippen LogP contribution is 2.27. The van der Waals surface area contributed by atoms with E-state index in [4.69, 9.17) is 19.2 Å². The minimum atomic E-state index is -0.373. The molecule has 1 heterocycles. The number of carbonyl (C=O) groups is 1. The number of rotatable bonds is 5. The maximum Gasteiger partial charge on any atom is 0.308 e. The number of hydrogen-bond donors (Lipinski definition) is 0. The van der Waals surface area contributed by atoms with Crippen molar-refractivity contribution < 1.29 is 18.7 Å². The molecule has 0 aliphatic heterocycles. The third kappa shape index (κ3) is 3.81. The molecule has 0 bridgehead atoms. The molecule has 0 saturated carbocycles. The van der Waals surface area contributed by atoms with Crippen molar-refractivity contribution in [3.63, 3.8) is 0 Å². The van der Waals surface area contributed by atoms with Gasteiger partial charge >= 0.3 is 5.97 Å². The SMILES string of the molecule is COc1ccc(CCc2cc3cc(C#N)ccc3o2)c(OC(C)=O)c1. The summed E-state index contributed by atoms with van der Waals surface area (Å²) in [6.45, 7) is 1.37. The molecule has 1 aromatic heterocycles. The quantitative estimate of drug-likeness (QED) is 0.520. The van der Waals surface area contributed by atoms with Gasteiger partial charge in [-0.05, 0) is 42.3 Å². The summed E-state index contributed by atoms with van der Waals surface area (Å²) in [5.74, 6) is 1.57. The largest absolute Gasteiger partial charge is 0.497 e. The maximum atomic E-state index is 11.3. The molecule has 0 saturated heterocycles. The number of esters is 1. The van der Waals surface area contributed by atoms with Crippen molar-refractivity contribution in [2.75, 3.05) is 7.11 Å². The lowest BCUT2D eigenvalue weighted by Crippen LogP contribution is -2.05. The Kier molecular flexibility index (Phi) is 4.71. The average molecular weight is 335 g/mol. The van der Waals surface area contributed by atoms with Crippen LogP contribution in [0.4, 0.5) is 0 Å². The summed E-state index contributed by atoms with van der Waals surface area (Å²) in [6, 6.07) is 14.8. The van der Waals surface area contributed by atoms with Crippen molar-refractivity contribution >= 4 is 16.9 Å². The summed E-state index contributed by atoms with van der Waals surface area (Å²) in [4.78, 5) is 11.3. The number of methoxy groups -OCH3 is 1. The summed E-state index contributed by atoms with van der Waals surface area (Å²) in [7, 11) is 1.57. The number of nitriles is 1. The van der Waals surface area contributed by atoms with E-state index in [1.165, 1.54) is 6.92 Å². The summed E-state index contributed by atoms with van der Waals surface area (Å²) in [5, 5.41) is 9.88. The van der Waals surface area contributed by atoms with Gasteiger partial charge in [-0.2, -0.15) is 5.26 Å². The predicted molar refractivity (Wildman–Crippen MR) is 92.6 cm³/mol. The van der Waals surface area contributed by atoms with Crippen molar-refractivity contribution in [1.82, 2.24) is 0 Å². The number of aryl methyl sites for hydroxylation is 2. The number of hydrogen-bond acceptors (Lipinski definition) is 5. The van der Waals surface area contributed by atoms with Crippen LogP contribution in [0.15, 0.2) is 46.9 Å². The van der Waals surface area contributed by atoms with Gasteiger partial charge in [0.15, 0.2) is 0 Å². The van der Waals surface area contributed by atoms with Gasteiger partial charge in [0.25, 0.3) is 0 Å². The Balaban J connectivity index is 1.81. The third-order valence-corrected chi connectivity index (χ3v) is 3.87. The van der Waals surface area contributed by atoms with Crippen LogP contribution in [-0.2, 0) is 17.6 Å². The Hall–Kier alpha value is -3.26. The molecule has 25 heavy (non-hydrogen) atoms. The number of benzene rings is 2. The lowest BCUT2D eigenvalue weighted by atomic mass is 10.1. The Labute approximate surface area is 145 Å². The fourth-order valence-corrected chi connectivity index (χ4v) is 2.67. The Morgan fingerprint density at radius 1 is 1.16 bits per heavy atom. The highest BCUT2D eigenvalue weighted by atomic mass is 16.5. The van der Waals surface area contributed by atoms with Crippen molar-refractivity contribution in [1.29, 1.82) is 5.26 Å².